The van der Waals surface area contributed by atoms with E-state index in [1.54, 1.807) is 20.0 Å². The Balaban J connectivity index is 0.000000156. The summed E-state index contributed by atoms with van der Waals surface area (Å²) in [4.78, 5) is 3.25. The number of rotatable bonds is 0. The molecule has 0 saturated heterocycles. The first-order valence-corrected chi connectivity index (χ1v) is 6.25. The maximum Gasteiger partial charge on any atom is -0.0809 e. The normalized spacial score (nSPS) is 11.6. The van der Waals surface area contributed by atoms with Gasteiger partial charge in [-0.05, 0) is 0 Å². The Morgan fingerprint density at radius 1 is 1.19 bits per heavy atom. The van der Waals surface area contributed by atoms with Crippen molar-refractivity contribution in [2.24, 2.45) is 0 Å². The summed E-state index contributed by atoms with van der Waals surface area (Å²) in [5, 5.41) is 2.66. The summed E-state index contributed by atoms with van der Waals surface area (Å²) < 4.78 is 0. The van der Waals surface area contributed by atoms with Gasteiger partial charge in [0.15, 0.2) is 0 Å². The van der Waals surface area contributed by atoms with E-state index in [1.807, 2.05) is 12.2 Å². The number of fused-ring (bicyclic) bond motifs is 1. The Labute approximate surface area is 109 Å². The van der Waals surface area contributed by atoms with Crippen LogP contribution in [-0.4, -0.2) is 4.82 Å². The van der Waals surface area contributed by atoms with Crippen LogP contribution in [0.25, 0.3) is 10.8 Å². The molecule has 2 aromatic carbocycles. The molecule has 2 aromatic rings. The van der Waals surface area contributed by atoms with Crippen LogP contribution in [0, 0.1) is 6.08 Å². The monoisotopic (exact) mass is 242 g/mol. The zero-order valence-corrected chi connectivity index (χ0v) is 10.7. The molecule has 1 aliphatic carbocycles. The molecule has 0 spiro atoms. The van der Waals surface area contributed by atoms with Crippen LogP contribution in [0.3, 0.4) is 0 Å². The Kier molecular flexibility index (Phi) is 6.56. The molecular weight excluding hydrogens is 228 g/mol. The van der Waals surface area contributed by atoms with Crippen LogP contribution in [-0.2, 0) is 20.0 Å². The van der Waals surface area contributed by atoms with E-state index in [-0.39, 0.29) is 0 Å². The van der Waals surface area contributed by atoms with E-state index in [0.29, 0.717) is 0 Å². The fourth-order valence-corrected chi connectivity index (χ4v) is 1.41. The predicted molar refractivity (Wildman–Crippen MR) is 68.2 cm³/mol. The van der Waals surface area contributed by atoms with Gasteiger partial charge in [-0.1, -0.05) is 6.07 Å². The quantitative estimate of drug-likeness (QED) is 0.486. The molecule has 0 aliphatic heterocycles. The fourth-order valence-electron chi connectivity index (χ4n) is 1.41. The molecule has 3 rings (SSSR count). The zero-order valence-electron chi connectivity index (χ0n) is 9.19. The first-order chi connectivity index (χ1) is 7.97. The van der Waals surface area contributed by atoms with E-state index in [9.17, 15) is 0 Å². The van der Waals surface area contributed by atoms with Gasteiger partial charge in [-0.3, -0.25) is 6.08 Å². The summed E-state index contributed by atoms with van der Waals surface area (Å²) in [5.74, 6) is 0. The Morgan fingerprint density at radius 3 is 2.56 bits per heavy atom. The van der Waals surface area contributed by atoms with Gasteiger partial charge in [0.2, 0.25) is 0 Å². The standard InChI is InChI=1S/C9H7.C5H5.CH2.Ti/c1-2-5-9-7-3-6-8(9)4-1;1-2-4-5-3-1;;/h1-7H;1-3H,4H2;1H2;/q2*-1;;+2. The predicted octanol–water partition coefficient (Wildman–Crippen LogP) is 3.83. The molecule has 1 heteroatoms. The van der Waals surface area contributed by atoms with E-state index in [4.69, 9.17) is 0 Å². The van der Waals surface area contributed by atoms with Crippen LogP contribution in [0.4, 0.5) is 0 Å². The molecule has 0 aromatic heterocycles. The van der Waals surface area contributed by atoms with Gasteiger partial charge in [-0.25, -0.2) is 12.2 Å². The third-order valence-corrected chi connectivity index (χ3v) is 2.13. The minimum Gasteiger partial charge on any atom is -0.168 e. The minimum absolute atomic E-state index is 1.01. The molecule has 0 fully saturated rings. The fraction of sp³-hybridized carbons (Fsp3) is 0.0667. The van der Waals surface area contributed by atoms with Crippen molar-refractivity contribution in [3.8, 4) is 0 Å². The molecule has 1 aliphatic rings. The van der Waals surface area contributed by atoms with E-state index < -0.39 is 0 Å². The Hall–Kier alpha value is -1.11. The van der Waals surface area contributed by atoms with Crippen molar-refractivity contribution in [1.82, 2.24) is 0 Å². The van der Waals surface area contributed by atoms with Crippen LogP contribution >= 0.6 is 0 Å². The molecule has 0 N–H and O–H groups in total. The average Bonchev–Trinajstić information content (AvgIpc) is 3.06. The number of hydrogen-bond acceptors (Lipinski definition) is 0. The van der Waals surface area contributed by atoms with E-state index >= 15 is 0 Å². The van der Waals surface area contributed by atoms with Crippen molar-refractivity contribution in [2.45, 2.75) is 6.42 Å². The molecule has 16 heavy (non-hydrogen) atoms. The van der Waals surface area contributed by atoms with E-state index in [1.165, 1.54) is 10.8 Å². The topological polar surface area (TPSA) is 0 Å². The van der Waals surface area contributed by atoms with Gasteiger partial charge in [0, 0.05) is 0 Å². The molecule has 0 unspecified atom stereocenters. The van der Waals surface area contributed by atoms with Crippen molar-refractivity contribution in [2.75, 3.05) is 0 Å². The molecule has 0 heterocycles. The van der Waals surface area contributed by atoms with Crippen LogP contribution in [0.15, 0.2) is 60.7 Å². The first-order valence-electron chi connectivity index (χ1n) is 5.14. The van der Waals surface area contributed by atoms with Gasteiger partial charge in [0.1, 0.15) is 0 Å². The van der Waals surface area contributed by atoms with Crippen molar-refractivity contribution in [3.63, 3.8) is 0 Å². The van der Waals surface area contributed by atoms with Gasteiger partial charge < -0.3 is 0 Å². The van der Waals surface area contributed by atoms with Gasteiger partial charge in [-0.2, -0.15) is 23.6 Å². The molecule has 0 radical (unpaired) electrons. The molecule has 0 saturated carbocycles. The van der Waals surface area contributed by atoms with Gasteiger partial charge in [0.05, 0.1) is 0 Å². The maximum atomic E-state index is 3.25. The number of hydrogen-bond donors (Lipinski definition) is 0. The summed E-state index contributed by atoms with van der Waals surface area (Å²) >= 11 is 1.75. The van der Waals surface area contributed by atoms with Crippen molar-refractivity contribution >= 4 is 15.6 Å². The third kappa shape index (κ3) is 4.18. The van der Waals surface area contributed by atoms with Crippen molar-refractivity contribution in [1.29, 1.82) is 0 Å². The first kappa shape index (κ1) is 13.0. The average molecular weight is 242 g/mol. The van der Waals surface area contributed by atoms with Crippen LogP contribution in [0.2, 0.25) is 0 Å². The summed E-state index contributed by atoms with van der Waals surface area (Å²) in [6, 6.07) is 14.7. The summed E-state index contributed by atoms with van der Waals surface area (Å²) in [5.41, 5.74) is 0. The zero-order chi connectivity index (χ0) is 11.6. The Bertz CT molecular complexity index is 423. The van der Waals surface area contributed by atoms with Gasteiger partial charge in [-0.15, -0.1) is 36.1 Å². The molecule has 0 bridgehead atoms. The van der Waals surface area contributed by atoms with E-state index in [2.05, 4.69) is 59.4 Å². The largest absolute Gasteiger partial charge is 0.168 e. The van der Waals surface area contributed by atoms with Crippen LogP contribution in [0.1, 0.15) is 6.42 Å². The van der Waals surface area contributed by atoms with E-state index in [0.717, 1.165) is 6.42 Å². The SMILES string of the molecule is [C-]1=CC=CC1.[CH2]=[Ti+2].c1ccc2[cH-]ccc2c1. The molecular formula is C15H14Ti. The Morgan fingerprint density at radius 2 is 2.00 bits per heavy atom. The second kappa shape index (κ2) is 8.09. The van der Waals surface area contributed by atoms with Gasteiger partial charge >= 0.3 is 24.8 Å². The molecule has 0 amide bonds. The number of allylic oxidation sites excluding steroid dienone is 4. The summed E-state index contributed by atoms with van der Waals surface area (Å²) in [6.45, 7) is 0. The smallest absolute Gasteiger partial charge is 0.0809 e. The van der Waals surface area contributed by atoms with Crippen molar-refractivity contribution in [3.05, 3.63) is 66.8 Å². The second-order valence-electron chi connectivity index (χ2n) is 3.16. The molecule has 78 valence electrons. The third-order valence-electron chi connectivity index (χ3n) is 2.13. The summed E-state index contributed by atoms with van der Waals surface area (Å²) in [6.07, 6.45) is 10.0. The molecule has 0 atom stereocenters. The number of benzene rings is 1. The maximum absolute atomic E-state index is 3.25. The van der Waals surface area contributed by atoms with Crippen LogP contribution in [0.5, 0.6) is 0 Å². The second-order valence-corrected chi connectivity index (χ2v) is 3.16. The molecule has 0 nitrogen and oxygen atoms in total. The van der Waals surface area contributed by atoms with Crippen molar-refractivity contribution < 1.29 is 20.0 Å². The van der Waals surface area contributed by atoms with Gasteiger partial charge in [0.25, 0.3) is 0 Å². The minimum atomic E-state index is 1.01. The summed E-state index contributed by atoms with van der Waals surface area (Å²) in [7, 11) is 0. The van der Waals surface area contributed by atoms with Crippen LogP contribution < -0.4 is 0 Å².